The van der Waals surface area contributed by atoms with E-state index in [0.717, 1.165) is 0 Å². The Morgan fingerprint density at radius 2 is 2.15 bits per heavy atom. The van der Waals surface area contributed by atoms with Gasteiger partial charge in [0.15, 0.2) is 0 Å². The minimum absolute atomic E-state index is 0.115. The van der Waals surface area contributed by atoms with E-state index < -0.39 is 11.5 Å². The van der Waals surface area contributed by atoms with Crippen LogP contribution in [0.2, 0.25) is 0 Å². The van der Waals surface area contributed by atoms with Crippen LogP contribution in [0.15, 0.2) is 35.1 Å². The van der Waals surface area contributed by atoms with Gasteiger partial charge in [0.05, 0.1) is 30.4 Å². The third-order valence-corrected chi connectivity index (χ3v) is 5.16. The Hall–Kier alpha value is -2.54. The van der Waals surface area contributed by atoms with Gasteiger partial charge in [0.25, 0.3) is 5.56 Å². The summed E-state index contributed by atoms with van der Waals surface area (Å²) in [7, 11) is 0. The molecule has 1 atom stereocenters. The van der Waals surface area contributed by atoms with Gasteiger partial charge in [-0.2, -0.15) is 0 Å². The van der Waals surface area contributed by atoms with Crippen molar-refractivity contribution in [2.24, 2.45) is 0 Å². The van der Waals surface area contributed by atoms with Crippen molar-refractivity contribution in [3.05, 3.63) is 63.6 Å². The number of carbonyl (C=O) groups is 1. The largest absolute Gasteiger partial charge is 0.377 e. The number of aromatic nitrogens is 2. The Bertz CT molecular complexity index is 907. The molecule has 2 aliphatic rings. The summed E-state index contributed by atoms with van der Waals surface area (Å²) in [5.41, 5.74) is -0.119. The monoisotopic (exact) mass is 357 g/mol. The highest BCUT2D eigenvalue weighted by Gasteiger charge is 2.55. The third kappa shape index (κ3) is 2.82. The molecule has 1 aromatic heterocycles. The number of aromatic amines is 1. The molecule has 7 heteroatoms. The van der Waals surface area contributed by atoms with Crippen molar-refractivity contribution in [3.63, 3.8) is 0 Å². The van der Waals surface area contributed by atoms with Crippen molar-refractivity contribution in [3.8, 4) is 0 Å². The normalized spacial score (nSPS) is 21.5. The highest BCUT2D eigenvalue weighted by Crippen LogP contribution is 2.51. The van der Waals surface area contributed by atoms with Gasteiger partial charge in [-0.25, -0.2) is 9.37 Å². The standard InChI is InChI=1S/C19H20FN3O3/c1-12-21-15(10-17(24)22-12)16-11-26-9-8-23(16)18(25)19(6-7-19)13-4-2-3-5-14(13)20/h2-5,10,16H,6-9,11H2,1H3,(H,21,22,24). The number of amides is 1. The molecule has 1 unspecified atom stereocenters. The van der Waals surface area contributed by atoms with Gasteiger partial charge in [0.2, 0.25) is 5.91 Å². The molecule has 1 saturated carbocycles. The molecule has 4 rings (SSSR count). The molecule has 1 aliphatic heterocycles. The fourth-order valence-corrected chi connectivity index (χ4v) is 3.71. The topological polar surface area (TPSA) is 75.3 Å². The second kappa shape index (κ2) is 6.32. The maximum Gasteiger partial charge on any atom is 0.251 e. The Morgan fingerprint density at radius 1 is 1.38 bits per heavy atom. The zero-order valence-corrected chi connectivity index (χ0v) is 14.5. The average Bonchev–Trinajstić information content (AvgIpc) is 3.42. The molecule has 1 saturated heterocycles. The van der Waals surface area contributed by atoms with Crippen LogP contribution in [0.1, 0.15) is 36.0 Å². The number of rotatable bonds is 3. The molecule has 1 amide bonds. The Balaban J connectivity index is 1.69. The van der Waals surface area contributed by atoms with E-state index in [1.165, 1.54) is 12.1 Å². The zero-order chi connectivity index (χ0) is 18.3. The van der Waals surface area contributed by atoms with Gasteiger partial charge >= 0.3 is 0 Å². The van der Waals surface area contributed by atoms with E-state index in [4.69, 9.17) is 4.74 Å². The lowest BCUT2D eigenvalue weighted by molar-refractivity contribution is -0.143. The molecule has 1 aromatic carbocycles. The molecule has 1 N–H and O–H groups in total. The predicted molar refractivity (Wildman–Crippen MR) is 92.2 cm³/mol. The molecular weight excluding hydrogens is 337 g/mol. The van der Waals surface area contributed by atoms with Crippen molar-refractivity contribution in [1.82, 2.24) is 14.9 Å². The van der Waals surface area contributed by atoms with Crippen molar-refractivity contribution in [2.75, 3.05) is 19.8 Å². The van der Waals surface area contributed by atoms with E-state index in [2.05, 4.69) is 9.97 Å². The Kier molecular flexibility index (Phi) is 4.11. The molecular formula is C19H20FN3O3. The first-order valence-electron chi connectivity index (χ1n) is 8.73. The number of benzene rings is 1. The number of halogens is 1. The first-order valence-corrected chi connectivity index (χ1v) is 8.73. The molecule has 2 aromatic rings. The highest BCUT2D eigenvalue weighted by molar-refractivity contribution is 5.91. The van der Waals surface area contributed by atoms with Crippen LogP contribution in [0, 0.1) is 12.7 Å². The Morgan fingerprint density at radius 3 is 2.85 bits per heavy atom. The Labute approximate surface area is 150 Å². The summed E-state index contributed by atoms with van der Waals surface area (Å²) in [6.45, 7) is 2.78. The van der Waals surface area contributed by atoms with Gasteiger partial charge in [0.1, 0.15) is 11.6 Å². The molecule has 0 bridgehead atoms. The second-order valence-electron chi connectivity index (χ2n) is 6.91. The van der Waals surface area contributed by atoms with E-state index in [-0.39, 0.29) is 23.9 Å². The van der Waals surface area contributed by atoms with E-state index in [1.54, 1.807) is 30.0 Å². The van der Waals surface area contributed by atoms with E-state index in [0.29, 0.717) is 43.1 Å². The minimum atomic E-state index is -0.808. The average molecular weight is 357 g/mol. The smallest absolute Gasteiger partial charge is 0.251 e. The van der Waals surface area contributed by atoms with Crippen molar-refractivity contribution in [1.29, 1.82) is 0 Å². The molecule has 6 nitrogen and oxygen atoms in total. The second-order valence-corrected chi connectivity index (χ2v) is 6.91. The number of nitrogens with one attached hydrogen (secondary N) is 1. The van der Waals surface area contributed by atoms with Gasteiger partial charge in [-0.3, -0.25) is 9.59 Å². The van der Waals surface area contributed by atoms with Crippen LogP contribution < -0.4 is 5.56 Å². The summed E-state index contributed by atoms with van der Waals surface area (Å²) in [6, 6.07) is 7.41. The summed E-state index contributed by atoms with van der Waals surface area (Å²) < 4.78 is 19.9. The lowest BCUT2D eigenvalue weighted by atomic mass is 9.92. The zero-order valence-electron chi connectivity index (χ0n) is 14.5. The summed E-state index contributed by atoms with van der Waals surface area (Å²) in [5, 5.41) is 0. The van der Waals surface area contributed by atoms with Gasteiger partial charge in [-0.1, -0.05) is 18.2 Å². The molecule has 0 spiro atoms. The first kappa shape index (κ1) is 16.9. The fraction of sp³-hybridized carbons (Fsp3) is 0.421. The van der Waals surface area contributed by atoms with Crippen LogP contribution in [0.25, 0.3) is 0 Å². The third-order valence-electron chi connectivity index (χ3n) is 5.16. The van der Waals surface area contributed by atoms with Crippen molar-refractivity contribution >= 4 is 5.91 Å². The van der Waals surface area contributed by atoms with Gasteiger partial charge in [-0.05, 0) is 25.8 Å². The van der Waals surface area contributed by atoms with Crippen LogP contribution in [-0.2, 0) is 14.9 Å². The molecule has 2 heterocycles. The summed E-state index contributed by atoms with van der Waals surface area (Å²) in [4.78, 5) is 33.9. The summed E-state index contributed by atoms with van der Waals surface area (Å²) in [5.74, 6) is 0.0182. The van der Waals surface area contributed by atoms with Crippen molar-refractivity contribution < 1.29 is 13.9 Å². The predicted octanol–water partition coefficient (Wildman–Crippen LogP) is 1.85. The first-order chi connectivity index (χ1) is 12.5. The molecule has 1 aliphatic carbocycles. The molecule has 136 valence electrons. The molecule has 0 radical (unpaired) electrons. The minimum Gasteiger partial charge on any atom is -0.377 e. The number of hydrogen-bond donors (Lipinski definition) is 1. The maximum absolute atomic E-state index is 14.3. The van der Waals surface area contributed by atoms with Crippen LogP contribution in [0.3, 0.4) is 0 Å². The van der Waals surface area contributed by atoms with Crippen molar-refractivity contribution in [2.45, 2.75) is 31.2 Å². The van der Waals surface area contributed by atoms with E-state index >= 15 is 0 Å². The van der Waals surface area contributed by atoms with Crippen LogP contribution in [0.4, 0.5) is 4.39 Å². The number of carbonyl (C=O) groups excluding carboxylic acids is 1. The maximum atomic E-state index is 14.3. The number of H-pyrrole nitrogens is 1. The summed E-state index contributed by atoms with van der Waals surface area (Å²) in [6.07, 6.45) is 1.25. The van der Waals surface area contributed by atoms with Gasteiger partial charge < -0.3 is 14.6 Å². The molecule has 2 fully saturated rings. The fourth-order valence-electron chi connectivity index (χ4n) is 3.71. The SMILES string of the molecule is Cc1nc(C2COCCN2C(=O)C2(c3ccccc3F)CC2)cc(=O)[nH]1. The van der Waals surface area contributed by atoms with Crippen LogP contribution in [-0.4, -0.2) is 40.5 Å². The van der Waals surface area contributed by atoms with Gasteiger partial charge in [0, 0.05) is 18.2 Å². The van der Waals surface area contributed by atoms with Gasteiger partial charge in [-0.15, -0.1) is 0 Å². The summed E-state index contributed by atoms with van der Waals surface area (Å²) >= 11 is 0. The number of hydrogen-bond acceptors (Lipinski definition) is 4. The number of nitrogens with zero attached hydrogens (tertiary/aromatic N) is 2. The van der Waals surface area contributed by atoms with Crippen LogP contribution in [0.5, 0.6) is 0 Å². The molecule has 26 heavy (non-hydrogen) atoms. The quantitative estimate of drug-likeness (QED) is 0.910. The lowest BCUT2D eigenvalue weighted by Gasteiger charge is -2.37. The highest BCUT2D eigenvalue weighted by atomic mass is 19.1. The number of aryl methyl sites for hydroxylation is 1. The lowest BCUT2D eigenvalue weighted by Crippen LogP contribution is -2.48. The van der Waals surface area contributed by atoms with E-state index in [1.807, 2.05) is 0 Å². The van der Waals surface area contributed by atoms with Crippen LogP contribution >= 0.6 is 0 Å². The number of morpholine rings is 1. The van der Waals surface area contributed by atoms with E-state index in [9.17, 15) is 14.0 Å². The number of ether oxygens (including phenoxy) is 1.